The van der Waals surface area contributed by atoms with Crippen molar-refractivity contribution in [3.8, 4) is 5.75 Å². The first-order valence-electron chi connectivity index (χ1n) is 3.55. The van der Waals surface area contributed by atoms with E-state index in [1.165, 1.54) is 6.07 Å². The minimum atomic E-state index is -4.47. The third-order valence-corrected chi connectivity index (χ3v) is 1.65. The second-order valence-corrected chi connectivity index (χ2v) is 2.88. The normalized spacial score (nSPS) is 11.2. The molecule has 14 heavy (non-hydrogen) atoms. The molecule has 76 valence electrons. The molecule has 0 spiro atoms. The van der Waals surface area contributed by atoms with Crippen LogP contribution in [0.5, 0.6) is 5.75 Å². The number of hydrogen-bond acceptors (Lipinski definition) is 2. The second kappa shape index (κ2) is 4.10. The molecule has 0 aliphatic carbocycles. The summed E-state index contributed by atoms with van der Waals surface area (Å²) in [6.45, 7) is 0. The van der Waals surface area contributed by atoms with Crippen LogP contribution in [-0.4, -0.2) is 12.7 Å². The molecule has 0 fully saturated rings. The first kappa shape index (κ1) is 11.2. The number of alkyl halides is 3. The Morgan fingerprint density at radius 1 is 1.29 bits per heavy atom. The highest BCUT2D eigenvalue weighted by molar-refractivity contribution is 6.30. The zero-order chi connectivity index (χ0) is 10.8. The average Bonchev–Trinajstić information content (AvgIpc) is 2.02. The molecule has 0 aromatic heterocycles. The second-order valence-electron chi connectivity index (χ2n) is 2.45. The van der Waals surface area contributed by atoms with Crippen molar-refractivity contribution in [3.05, 3.63) is 28.8 Å². The van der Waals surface area contributed by atoms with E-state index in [1.807, 2.05) is 0 Å². The maximum atomic E-state index is 12.2. The maximum absolute atomic E-state index is 12.2. The Morgan fingerprint density at radius 2 is 1.93 bits per heavy atom. The summed E-state index contributed by atoms with van der Waals surface area (Å²) in [6, 6.07) is 2.74. The Kier molecular flexibility index (Phi) is 3.28. The van der Waals surface area contributed by atoms with Crippen LogP contribution in [0.1, 0.15) is 5.56 Å². The predicted octanol–water partition coefficient (Wildman–Crippen LogP) is 2.00. The topological polar surface area (TPSA) is 29.5 Å². The fourth-order valence-corrected chi connectivity index (χ4v) is 1.11. The zero-order valence-corrected chi connectivity index (χ0v) is 7.56. The van der Waals surface area contributed by atoms with Crippen LogP contribution >= 0.6 is 11.6 Å². The summed E-state index contributed by atoms with van der Waals surface area (Å²) >= 11 is 5.43. The quantitative estimate of drug-likeness (QED) is 0.779. The Hall–Kier alpha value is -0.875. The SMILES string of the molecule is OBOc1cc(Cl)cc(C(F)(F)F)c1. The van der Waals surface area contributed by atoms with Gasteiger partial charge in [0.05, 0.1) is 5.56 Å². The fraction of sp³-hybridized carbons (Fsp3) is 0.143. The minimum Gasteiger partial charge on any atom is -0.539 e. The van der Waals surface area contributed by atoms with Gasteiger partial charge in [0.15, 0.2) is 0 Å². The highest BCUT2D eigenvalue weighted by Gasteiger charge is 2.31. The predicted molar refractivity (Wildman–Crippen MR) is 46.4 cm³/mol. The Balaban J connectivity index is 3.07. The van der Waals surface area contributed by atoms with Crippen LogP contribution in [0.15, 0.2) is 18.2 Å². The first-order valence-corrected chi connectivity index (χ1v) is 3.92. The van der Waals surface area contributed by atoms with E-state index in [2.05, 4.69) is 4.65 Å². The number of halogens is 4. The average molecular weight is 224 g/mol. The van der Waals surface area contributed by atoms with Gasteiger partial charge in [0.1, 0.15) is 5.75 Å². The lowest BCUT2D eigenvalue weighted by molar-refractivity contribution is -0.137. The van der Waals surface area contributed by atoms with Crippen LogP contribution in [0.3, 0.4) is 0 Å². The Labute approximate surface area is 83.6 Å². The van der Waals surface area contributed by atoms with E-state index in [0.717, 1.165) is 12.1 Å². The molecule has 0 saturated heterocycles. The summed E-state index contributed by atoms with van der Waals surface area (Å²) in [7, 11) is -0.697. The van der Waals surface area contributed by atoms with Gasteiger partial charge in [0.2, 0.25) is 0 Å². The lowest BCUT2D eigenvalue weighted by Gasteiger charge is -2.09. The molecule has 0 unspecified atom stereocenters. The Bertz CT molecular complexity index is 329. The molecule has 0 aliphatic rings. The summed E-state index contributed by atoms with van der Waals surface area (Å²) in [5, 5.41) is 8.26. The molecule has 0 aliphatic heterocycles. The third kappa shape index (κ3) is 2.82. The van der Waals surface area contributed by atoms with Crippen LogP contribution in [0, 0.1) is 0 Å². The largest absolute Gasteiger partial charge is 0.539 e. The van der Waals surface area contributed by atoms with Crippen molar-refractivity contribution in [1.82, 2.24) is 0 Å². The van der Waals surface area contributed by atoms with Gasteiger partial charge in [-0.05, 0) is 18.2 Å². The molecule has 1 aromatic carbocycles. The molecule has 1 N–H and O–H groups in total. The zero-order valence-electron chi connectivity index (χ0n) is 6.81. The molecule has 0 amide bonds. The van der Waals surface area contributed by atoms with Crippen LogP contribution in [-0.2, 0) is 6.18 Å². The van der Waals surface area contributed by atoms with E-state index in [1.54, 1.807) is 0 Å². The van der Waals surface area contributed by atoms with E-state index < -0.39 is 19.4 Å². The molecule has 0 atom stereocenters. The standard InChI is InChI=1S/C7H5BClF3O2/c9-5-1-4(7(10,11)12)2-6(3-5)14-8-13/h1-3,8,13H. The van der Waals surface area contributed by atoms with Crippen molar-refractivity contribution in [1.29, 1.82) is 0 Å². The number of benzene rings is 1. The van der Waals surface area contributed by atoms with Crippen LogP contribution in [0.25, 0.3) is 0 Å². The fourth-order valence-electron chi connectivity index (χ4n) is 0.884. The molecule has 0 saturated carbocycles. The minimum absolute atomic E-state index is 0.0942. The summed E-state index contributed by atoms with van der Waals surface area (Å²) in [4.78, 5) is 0. The van der Waals surface area contributed by atoms with Crippen molar-refractivity contribution in [2.75, 3.05) is 0 Å². The van der Waals surface area contributed by atoms with Gasteiger partial charge in [0, 0.05) is 5.02 Å². The third-order valence-electron chi connectivity index (χ3n) is 1.43. The summed E-state index contributed by atoms with van der Waals surface area (Å²) in [5.74, 6) is -0.118. The van der Waals surface area contributed by atoms with Gasteiger partial charge in [0.25, 0.3) is 0 Å². The monoisotopic (exact) mass is 224 g/mol. The van der Waals surface area contributed by atoms with E-state index in [9.17, 15) is 13.2 Å². The van der Waals surface area contributed by atoms with E-state index in [0.29, 0.717) is 0 Å². The van der Waals surface area contributed by atoms with Crippen molar-refractivity contribution in [3.63, 3.8) is 0 Å². The molecule has 0 radical (unpaired) electrons. The van der Waals surface area contributed by atoms with E-state index in [-0.39, 0.29) is 10.8 Å². The van der Waals surface area contributed by atoms with Crippen molar-refractivity contribution in [2.45, 2.75) is 6.18 Å². The van der Waals surface area contributed by atoms with Gasteiger partial charge in [-0.15, -0.1) is 0 Å². The molecule has 1 aromatic rings. The van der Waals surface area contributed by atoms with Gasteiger partial charge in [-0.3, -0.25) is 0 Å². The summed E-state index contributed by atoms with van der Waals surface area (Å²) in [6.07, 6.45) is -4.47. The first-order chi connectivity index (χ1) is 6.43. The van der Waals surface area contributed by atoms with Gasteiger partial charge in [-0.2, -0.15) is 13.2 Å². The lowest BCUT2D eigenvalue weighted by Crippen LogP contribution is -2.06. The van der Waals surface area contributed by atoms with Gasteiger partial charge in [-0.1, -0.05) is 11.6 Å². The van der Waals surface area contributed by atoms with Crippen LogP contribution in [0.4, 0.5) is 13.2 Å². The summed E-state index contributed by atoms with van der Waals surface area (Å²) in [5.41, 5.74) is -0.909. The summed E-state index contributed by atoms with van der Waals surface area (Å²) < 4.78 is 41.1. The van der Waals surface area contributed by atoms with Crippen molar-refractivity contribution in [2.24, 2.45) is 0 Å². The smallest absolute Gasteiger partial charge is 0.504 e. The molecule has 0 bridgehead atoms. The van der Waals surface area contributed by atoms with Gasteiger partial charge in [-0.25, -0.2) is 0 Å². The number of hydrogen-bond donors (Lipinski definition) is 1. The lowest BCUT2D eigenvalue weighted by atomic mass is 10.2. The molecule has 1 rings (SSSR count). The molecule has 2 nitrogen and oxygen atoms in total. The molecular weight excluding hydrogens is 219 g/mol. The maximum Gasteiger partial charge on any atom is 0.504 e. The highest BCUT2D eigenvalue weighted by atomic mass is 35.5. The van der Waals surface area contributed by atoms with E-state index >= 15 is 0 Å². The van der Waals surface area contributed by atoms with Crippen molar-refractivity contribution >= 4 is 19.3 Å². The molecular formula is C7H5BClF3O2. The van der Waals surface area contributed by atoms with Gasteiger partial charge < -0.3 is 9.68 Å². The number of rotatable bonds is 2. The van der Waals surface area contributed by atoms with Gasteiger partial charge >= 0.3 is 13.9 Å². The highest BCUT2D eigenvalue weighted by Crippen LogP contribution is 2.33. The molecule has 7 heteroatoms. The van der Waals surface area contributed by atoms with Crippen molar-refractivity contribution < 1.29 is 22.8 Å². The van der Waals surface area contributed by atoms with Crippen LogP contribution < -0.4 is 4.65 Å². The molecule has 0 heterocycles. The van der Waals surface area contributed by atoms with E-state index in [4.69, 9.17) is 16.6 Å². The Morgan fingerprint density at radius 3 is 2.43 bits per heavy atom. The van der Waals surface area contributed by atoms with Crippen LogP contribution in [0.2, 0.25) is 5.02 Å².